The van der Waals surface area contributed by atoms with Gasteiger partial charge >= 0.3 is 0 Å². The van der Waals surface area contributed by atoms with Gasteiger partial charge in [0, 0.05) is 47.8 Å². The van der Waals surface area contributed by atoms with E-state index >= 15 is 0 Å². The van der Waals surface area contributed by atoms with Crippen LogP contribution in [0.3, 0.4) is 0 Å². The van der Waals surface area contributed by atoms with E-state index in [-0.39, 0.29) is 5.41 Å². The number of hydrogen-bond acceptors (Lipinski definition) is 3. The van der Waals surface area contributed by atoms with Gasteiger partial charge in [-0.3, -0.25) is 0 Å². The van der Waals surface area contributed by atoms with E-state index in [1.807, 2.05) is 17.4 Å². The molecule has 0 bridgehead atoms. The summed E-state index contributed by atoms with van der Waals surface area (Å²) in [5.41, 5.74) is 15.8. The molecule has 0 fully saturated rings. The van der Waals surface area contributed by atoms with E-state index in [0.717, 1.165) is 33.6 Å². The van der Waals surface area contributed by atoms with Crippen LogP contribution in [0.5, 0.6) is 0 Å². The molecule has 61 heavy (non-hydrogen) atoms. The van der Waals surface area contributed by atoms with Gasteiger partial charge in [0.15, 0.2) is 5.82 Å². The Bertz CT molecular complexity index is 3480. The monoisotopic (exact) mass is 794 g/mol. The molecule has 1 aliphatic carbocycles. The van der Waals surface area contributed by atoms with Crippen molar-refractivity contribution in [2.75, 3.05) is 0 Å². The molecule has 286 valence electrons. The molecule has 1 atom stereocenters. The van der Waals surface area contributed by atoms with Crippen LogP contribution in [0, 0.1) is 0 Å². The topological polar surface area (TPSA) is 25.8 Å². The second-order valence-electron chi connectivity index (χ2n) is 16.2. The molecule has 0 spiro atoms. The Balaban J connectivity index is 1.05. The third kappa shape index (κ3) is 5.77. The summed E-state index contributed by atoms with van der Waals surface area (Å²) < 4.78 is 2.61. The van der Waals surface area contributed by atoms with Crippen molar-refractivity contribution in [2.24, 2.45) is 0 Å². The normalized spacial score (nSPS) is 14.4. The van der Waals surface area contributed by atoms with Crippen molar-refractivity contribution < 1.29 is 0 Å². The molecule has 0 saturated heterocycles. The predicted molar refractivity (Wildman–Crippen MR) is 257 cm³/mol. The summed E-state index contributed by atoms with van der Waals surface area (Å²) >= 11 is 1.89. The van der Waals surface area contributed by atoms with E-state index in [4.69, 9.17) is 9.97 Å². The third-order valence-electron chi connectivity index (χ3n) is 12.7. The first-order valence-electron chi connectivity index (χ1n) is 20.9. The SMILES string of the molecule is CC1(c2ccccc2)c2ccccc2-c2c(-c3cc(-c4cccc(-c5cc(-c6ccccc6)c6sc7cc8ccccc8cc7c6c5)c4)nc(-c4ccccc4)n3)cccc21. The number of rotatable bonds is 6. The van der Waals surface area contributed by atoms with Gasteiger partial charge in [-0.1, -0.05) is 176 Å². The standard InChI is InChI=1S/C58H38N2S/c1-58(44-25-9-4-10-26-44)50-29-14-13-27-45(50)55-46(28-16-30-51(55)58)53-36-52(59-57(60-53)38-19-7-3-8-20-38)42-24-15-23-39(31-42)43-33-47(37-17-5-2-6-18-37)56-49(34-43)48-32-40-21-11-12-22-41(40)35-54(48)61-56/h2-36H,1H3. The van der Waals surface area contributed by atoms with Gasteiger partial charge in [-0.15, -0.1) is 11.3 Å². The second-order valence-corrected chi connectivity index (χ2v) is 17.3. The highest BCUT2D eigenvalue weighted by molar-refractivity contribution is 7.26. The van der Waals surface area contributed by atoms with E-state index in [1.165, 1.54) is 75.5 Å². The number of nitrogens with zero attached hydrogens (tertiary/aromatic N) is 2. The summed E-state index contributed by atoms with van der Waals surface area (Å²) in [6.07, 6.45) is 0. The lowest BCUT2D eigenvalue weighted by Gasteiger charge is -2.28. The van der Waals surface area contributed by atoms with Gasteiger partial charge in [0.25, 0.3) is 0 Å². The van der Waals surface area contributed by atoms with Crippen molar-refractivity contribution in [3.05, 3.63) is 229 Å². The Morgan fingerprint density at radius 2 is 1.00 bits per heavy atom. The Morgan fingerprint density at radius 3 is 1.80 bits per heavy atom. The Labute approximate surface area is 359 Å². The van der Waals surface area contributed by atoms with Crippen molar-refractivity contribution in [1.29, 1.82) is 0 Å². The highest BCUT2D eigenvalue weighted by Crippen LogP contribution is 2.55. The largest absolute Gasteiger partial charge is 0.228 e. The highest BCUT2D eigenvalue weighted by atomic mass is 32.1. The van der Waals surface area contributed by atoms with Crippen LogP contribution in [0.4, 0.5) is 0 Å². The Morgan fingerprint density at radius 1 is 0.393 bits per heavy atom. The van der Waals surface area contributed by atoms with Crippen LogP contribution >= 0.6 is 11.3 Å². The zero-order valence-corrected chi connectivity index (χ0v) is 34.3. The molecule has 3 heteroatoms. The quantitative estimate of drug-likeness (QED) is 0.168. The van der Waals surface area contributed by atoms with E-state index in [1.54, 1.807) is 0 Å². The highest BCUT2D eigenvalue weighted by Gasteiger charge is 2.41. The zero-order chi connectivity index (χ0) is 40.5. The number of aromatic nitrogens is 2. The Kier molecular flexibility index (Phi) is 8.19. The first-order valence-corrected chi connectivity index (χ1v) is 21.7. The van der Waals surface area contributed by atoms with Gasteiger partial charge in [-0.25, -0.2) is 9.97 Å². The molecule has 0 aliphatic heterocycles. The molecule has 9 aromatic carbocycles. The lowest BCUT2D eigenvalue weighted by molar-refractivity contribution is 0.714. The van der Waals surface area contributed by atoms with Crippen LogP contribution < -0.4 is 0 Å². The number of thiophene rings is 1. The molecule has 0 N–H and O–H groups in total. The molecule has 0 amide bonds. The number of hydrogen-bond donors (Lipinski definition) is 0. The Hall–Kier alpha value is -7.46. The maximum atomic E-state index is 5.36. The molecule has 2 heterocycles. The van der Waals surface area contributed by atoms with Crippen LogP contribution in [0.25, 0.3) is 98.2 Å². The number of benzene rings is 9. The van der Waals surface area contributed by atoms with Crippen LogP contribution in [0.1, 0.15) is 23.6 Å². The summed E-state index contributed by atoms with van der Waals surface area (Å²) in [6.45, 7) is 2.37. The maximum absolute atomic E-state index is 5.36. The van der Waals surface area contributed by atoms with Crippen LogP contribution in [-0.2, 0) is 5.41 Å². The zero-order valence-electron chi connectivity index (χ0n) is 33.5. The van der Waals surface area contributed by atoms with Crippen LogP contribution in [-0.4, -0.2) is 9.97 Å². The molecular weight excluding hydrogens is 757 g/mol. The molecule has 2 aromatic heterocycles. The molecule has 0 saturated carbocycles. The average molecular weight is 795 g/mol. The molecule has 12 rings (SSSR count). The minimum Gasteiger partial charge on any atom is -0.228 e. The van der Waals surface area contributed by atoms with Crippen LogP contribution in [0.15, 0.2) is 212 Å². The average Bonchev–Trinajstić information content (AvgIpc) is 3.83. The van der Waals surface area contributed by atoms with Gasteiger partial charge in [-0.05, 0) is 98.6 Å². The third-order valence-corrected chi connectivity index (χ3v) is 13.9. The second kappa shape index (κ2) is 14.1. The van der Waals surface area contributed by atoms with Crippen molar-refractivity contribution in [2.45, 2.75) is 12.3 Å². The summed E-state index contributed by atoms with van der Waals surface area (Å²) in [4.78, 5) is 10.7. The first-order chi connectivity index (χ1) is 30.1. The molecular formula is C58H38N2S. The molecule has 11 aromatic rings. The van der Waals surface area contributed by atoms with Crippen molar-refractivity contribution in [3.63, 3.8) is 0 Å². The minimum atomic E-state index is -0.309. The predicted octanol–water partition coefficient (Wildman–Crippen LogP) is 15.7. The smallest absolute Gasteiger partial charge is 0.160 e. The summed E-state index contributed by atoms with van der Waals surface area (Å²) in [7, 11) is 0. The molecule has 1 aliphatic rings. The van der Waals surface area contributed by atoms with Gasteiger partial charge in [0.05, 0.1) is 11.4 Å². The summed E-state index contributed by atoms with van der Waals surface area (Å²) in [5, 5.41) is 5.10. The van der Waals surface area contributed by atoms with Crippen molar-refractivity contribution >= 4 is 42.3 Å². The van der Waals surface area contributed by atoms with Gasteiger partial charge in [0.1, 0.15) is 0 Å². The van der Waals surface area contributed by atoms with E-state index in [0.29, 0.717) is 5.82 Å². The lowest BCUT2D eigenvalue weighted by atomic mass is 9.74. The van der Waals surface area contributed by atoms with Crippen LogP contribution in [0.2, 0.25) is 0 Å². The number of fused-ring (bicyclic) bond motifs is 7. The molecule has 2 nitrogen and oxygen atoms in total. The minimum absolute atomic E-state index is 0.309. The first kappa shape index (κ1) is 35.5. The fourth-order valence-corrected chi connectivity index (χ4v) is 11.0. The van der Waals surface area contributed by atoms with Crippen molar-refractivity contribution in [3.8, 4) is 67.3 Å². The van der Waals surface area contributed by atoms with E-state index in [2.05, 4.69) is 213 Å². The summed E-state index contributed by atoms with van der Waals surface area (Å²) in [5.74, 6) is 0.706. The van der Waals surface area contributed by atoms with Gasteiger partial charge < -0.3 is 0 Å². The summed E-state index contributed by atoms with van der Waals surface area (Å²) in [6, 6.07) is 77.0. The van der Waals surface area contributed by atoms with E-state index in [9.17, 15) is 0 Å². The van der Waals surface area contributed by atoms with Gasteiger partial charge in [-0.2, -0.15) is 0 Å². The fourth-order valence-electron chi connectivity index (χ4n) is 9.71. The molecule has 0 radical (unpaired) electrons. The van der Waals surface area contributed by atoms with Gasteiger partial charge in [0.2, 0.25) is 0 Å². The fraction of sp³-hybridized carbons (Fsp3) is 0.0345. The maximum Gasteiger partial charge on any atom is 0.160 e. The molecule has 1 unspecified atom stereocenters. The lowest BCUT2D eigenvalue weighted by Crippen LogP contribution is -2.22. The van der Waals surface area contributed by atoms with E-state index < -0.39 is 0 Å². The van der Waals surface area contributed by atoms with Crippen molar-refractivity contribution in [1.82, 2.24) is 9.97 Å².